The summed E-state index contributed by atoms with van der Waals surface area (Å²) in [7, 11) is 0. The first-order chi connectivity index (χ1) is 9.13. The SMILES string of the molecule is CCN(C1CCC(N)CC1)C(C)C(=O)N1CCCC1. The van der Waals surface area contributed by atoms with Crippen LogP contribution in [0.4, 0.5) is 0 Å². The second kappa shape index (κ2) is 6.71. The Hall–Kier alpha value is -0.610. The highest BCUT2D eigenvalue weighted by atomic mass is 16.2. The van der Waals surface area contributed by atoms with Gasteiger partial charge in [-0.2, -0.15) is 0 Å². The third-order valence-corrected chi connectivity index (χ3v) is 4.85. The fraction of sp³-hybridized carbons (Fsp3) is 0.933. The molecule has 1 aliphatic heterocycles. The molecule has 0 aromatic heterocycles. The van der Waals surface area contributed by atoms with Crippen molar-refractivity contribution in [3.05, 3.63) is 0 Å². The standard InChI is InChI=1S/C15H29N3O/c1-3-18(14-8-6-13(16)7-9-14)12(2)15(19)17-10-4-5-11-17/h12-14H,3-11,16H2,1-2H3. The summed E-state index contributed by atoms with van der Waals surface area (Å²) in [6, 6.07) is 0.952. The molecule has 0 aromatic carbocycles. The molecule has 4 heteroatoms. The molecule has 4 nitrogen and oxygen atoms in total. The molecule has 1 unspecified atom stereocenters. The minimum atomic E-state index is 0.0300. The fourth-order valence-electron chi connectivity index (χ4n) is 3.63. The monoisotopic (exact) mass is 267 g/mol. The molecule has 110 valence electrons. The van der Waals surface area contributed by atoms with E-state index in [2.05, 4.69) is 18.7 Å². The van der Waals surface area contributed by atoms with Crippen LogP contribution >= 0.6 is 0 Å². The van der Waals surface area contributed by atoms with Crippen LogP contribution in [0.25, 0.3) is 0 Å². The summed E-state index contributed by atoms with van der Waals surface area (Å²) in [5.74, 6) is 0.328. The third kappa shape index (κ3) is 3.48. The van der Waals surface area contributed by atoms with Crippen LogP contribution in [0.2, 0.25) is 0 Å². The minimum Gasteiger partial charge on any atom is -0.341 e. The van der Waals surface area contributed by atoms with Gasteiger partial charge in [-0.3, -0.25) is 9.69 Å². The average molecular weight is 267 g/mol. The van der Waals surface area contributed by atoms with Gasteiger partial charge in [0.05, 0.1) is 6.04 Å². The average Bonchev–Trinajstić information content (AvgIpc) is 2.94. The Morgan fingerprint density at radius 2 is 1.84 bits per heavy atom. The summed E-state index contributed by atoms with van der Waals surface area (Å²) < 4.78 is 0. The second-order valence-corrected chi connectivity index (χ2v) is 6.11. The molecular weight excluding hydrogens is 238 g/mol. The Morgan fingerprint density at radius 1 is 1.26 bits per heavy atom. The van der Waals surface area contributed by atoms with Gasteiger partial charge < -0.3 is 10.6 Å². The van der Waals surface area contributed by atoms with Crippen molar-refractivity contribution in [1.82, 2.24) is 9.80 Å². The maximum absolute atomic E-state index is 12.5. The molecule has 19 heavy (non-hydrogen) atoms. The Bertz CT molecular complexity index is 294. The Balaban J connectivity index is 1.94. The first kappa shape index (κ1) is 14.8. The van der Waals surface area contributed by atoms with Gasteiger partial charge in [0.15, 0.2) is 0 Å². The summed E-state index contributed by atoms with van der Waals surface area (Å²) in [6.45, 7) is 7.12. The number of hydrogen-bond donors (Lipinski definition) is 1. The normalized spacial score (nSPS) is 29.8. The van der Waals surface area contributed by atoms with Gasteiger partial charge >= 0.3 is 0 Å². The van der Waals surface area contributed by atoms with E-state index < -0.39 is 0 Å². The number of likely N-dealkylation sites (N-methyl/N-ethyl adjacent to an activating group) is 1. The Kier molecular flexibility index (Phi) is 5.22. The largest absolute Gasteiger partial charge is 0.341 e. The lowest BCUT2D eigenvalue weighted by molar-refractivity contribution is -0.136. The van der Waals surface area contributed by atoms with Crippen molar-refractivity contribution in [2.24, 2.45) is 5.73 Å². The predicted octanol–water partition coefficient (Wildman–Crippen LogP) is 1.59. The maximum Gasteiger partial charge on any atom is 0.239 e. The van der Waals surface area contributed by atoms with Crippen LogP contribution in [0.15, 0.2) is 0 Å². The molecule has 1 aliphatic carbocycles. The molecule has 0 spiro atoms. The van der Waals surface area contributed by atoms with E-state index in [0.29, 0.717) is 18.0 Å². The van der Waals surface area contributed by atoms with Crippen molar-refractivity contribution in [2.75, 3.05) is 19.6 Å². The Morgan fingerprint density at radius 3 is 2.37 bits per heavy atom. The molecular formula is C15H29N3O. The van der Waals surface area contributed by atoms with Crippen LogP contribution in [-0.4, -0.2) is 53.5 Å². The molecule has 2 N–H and O–H groups in total. The molecule has 1 amide bonds. The molecule has 2 rings (SSSR count). The lowest BCUT2D eigenvalue weighted by Gasteiger charge is -2.39. The number of amides is 1. The number of hydrogen-bond acceptors (Lipinski definition) is 3. The van der Waals surface area contributed by atoms with E-state index >= 15 is 0 Å². The van der Waals surface area contributed by atoms with Gasteiger partial charge in [-0.05, 0) is 52.0 Å². The number of nitrogens with zero attached hydrogens (tertiary/aromatic N) is 2. The van der Waals surface area contributed by atoms with Gasteiger partial charge in [-0.15, -0.1) is 0 Å². The van der Waals surface area contributed by atoms with Crippen molar-refractivity contribution in [3.8, 4) is 0 Å². The molecule has 1 saturated heterocycles. The second-order valence-electron chi connectivity index (χ2n) is 6.11. The van der Waals surface area contributed by atoms with E-state index in [-0.39, 0.29) is 6.04 Å². The van der Waals surface area contributed by atoms with Crippen LogP contribution in [0.3, 0.4) is 0 Å². The molecule has 1 heterocycles. The van der Waals surface area contributed by atoms with Crippen molar-refractivity contribution in [3.63, 3.8) is 0 Å². The number of carbonyl (C=O) groups excluding carboxylic acids is 1. The van der Waals surface area contributed by atoms with E-state index in [9.17, 15) is 4.79 Å². The zero-order valence-electron chi connectivity index (χ0n) is 12.5. The zero-order chi connectivity index (χ0) is 13.8. The number of rotatable bonds is 4. The first-order valence-electron chi connectivity index (χ1n) is 7.93. The van der Waals surface area contributed by atoms with Crippen molar-refractivity contribution in [1.29, 1.82) is 0 Å². The van der Waals surface area contributed by atoms with Crippen LogP contribution in [0, 0.1) is 0 Å². The summed E-state index contributed by atoms with van der Waals surface area (Å²) in [5.41, 5.74) is 5.98. The van der Waals surface area contributed by atoms with E-state index in [1.165, 1.54) is 12.8 Å². The van der Waals surface area contributed by atoms with Crippen molar-refractivity contribution < 1.29 is 4.79 Å². The molecule has 0 radical (unpaired) electrons. The van der Waals surface area contributed by atoms with E-state index in [1.807, 2.05) is 4.90 Å². The van der Waals surface area contributed by atoms with Crippen LogP contribution in [0.1, 0.15) is 52.4 Å². The maximum atomic E-state index is 12.5. The highest BCUT2D eigenvalue weighted by Gasteiger charge is 2.32. The quantitative estimate of drug-likeness (QED) is 0.841. The van der Waals surface area contributed by atoms with Gasteiger partial charge in [0.1, 0.15) is 0 Å². The van der Waals surface area contributed by atoms with Gasteiger partial charge in [-0.25, -0.2) is 0 Å². The van der Waals surface area contributed by atoms with Gasteiger partial charge in [0.25, 0.3) is 0 Å². The van der Waals surface area contributed by atoms with Crippen molar-refractivity contribution in [2.45, 2.75) is 70.5 Å². The summed E-state index contributed by atoms with van der Waals surface area (Å²) in [5, 5.41) is 0. The van der Waals surface area contributed by atoms with Crippen LogP contribution in [0.5, 0.6) is 0 Å². The smallest absolute Gasteiger partial charge is 0.239 e. The highest BCUT2D eigenvalue weighted by molar-refractivity contribution is 5.81. The highest BCUT2D eigenvalue weighted by Crippen LogP contribution is 2.24. The molecule has 0 aromatic rings. The van der Waals surface area contributed by atoms with Gasteiger partial charge in [0.2, 0.25) is 5.91 Å². The number of carbonyl (C=O) groups is 1. The summed E-state index contributed by atoms with van der Waals surface area (Å²) in [6.07, 6.45) is 6.84. The lowest BCUT2D eigenvalue weighted by atomic mass is 9.90. The van der Waals surface area contributed by atoms with Gasteiger partial charge in [-0.1, -0.05) is 6.92 Å². The predicted molar refractivity (Wildman–Crippen MR) is 77.9 cm³/mol. The van der Waals surface area contributed by atoms with Crippen LogP contribution in [-0.2, 0) is 4.79 Å². The molecule has 2 fully saturated rings. The van der Waals surface area contributed by atoms with E-state index in [4.69, 9.17) is 5.73 Å². The van der Waals surface area contributed by atoms with Crippen molar-refractivity contribution >= 4 is 5.91 Å². The molecule has 1 saturated carbocycles. The van der Waals surface area contributed by atoms with Crippen LogP contribution < -0.4 is 5.73 Å². The first-order valence-corrected chi connectivity index (χ1v) is 7.93. The zero-order valence-corrected chi connectivity index (χ0v) is 12.5. The molecule has 0 bridgehead atoms. The lowest BCUT2D eigenvalue weighted by Crippen LogP contribution is -2.51. The minimum absolute atomic E-state index is 0.0300. The fourth-order valence-corrected chi connectivity index (χ4v) is 3.63. The summed E-state index contributed by atoms with van der Waals surface area (Å²) in [4.78, 5) is 17.0. The topological polar surface area (TPSA) is 49.6 Å². The third-order valence-electron chi connectivity index (χ3n) is 4.85. The molecule has 2 aliphatic rings. The number of nitrogens with two attached hydrogens (primary N) is 1. The van der Waals surface area contributed by atoms with E-state index in [1.54, 1.807) is 0 Å². The van der Waals surface area contributed by atoms with E-state index in [0.717, 1.165) is 45.3 Å². The number of likely N-dealkylation sites (tertiary alicyclic amines) is 1. The van der Waals surface area contributed by atoms with Gasteiger partial charge in [0, 0.05) is 25.2 Å². The Labute approximate surface area is 117 Å². The molecule has 1 atom stereocenters. The summed E-state index contributed by atoms with van der Waals surface area (Å²) >= 11 is 0.